The first-order valence-electron chi connectivity index (χ1n) is 11.3. The zero-order valence-electron chi connectivity index (χ0n) is 19.9. The fraction of sp³-hybridized carbons (Fsp3) is 0.222. The lowest BCUT2D eigenvalue weighted by Crippen LogP contribution is -2.02. The molecule has 4 N–H and O–H groups in total. The number of halogens is 1. The van der Waals surface area contributed by atoms with Gasteiger partial charge >= 0.3 is 5.97 Å². The Balaban J connectivity index is 1.70. The van der Waals surface area contributed by atoms with Gasteiger partial charge in [0.05, 0.1) is 24.0 Å². The summed E-state index contributed by atoms with van der Waals surface area (Å²) in [5.74, 6) is -1.31. The number of ether oxygens (including phenoxy) is 1. The summed E-state index contributed by atoms with van der Waals surface area (Å²) in [6, 6.07) is 18.4. The Labute approximate surface area is 214 Å². The molecule has 4 rings (SSSR count). The van der Waals surface area contributed by atoms with E-state index in [-0.39, 0.29) is 22.6 Å². The Bertz CT molecular complexity index is 1530. The van der Waals surface area contributed by atoms with Crippen LogP contribution < -0.4 is 5.73 Å². The van der Waals surface area contributed by atoms with Crippen molar-refractivity contribution in [1.82, 2.24) is 4.98 Å². The molecule has 9 heteroatoms. The predicted molar refractivity (Wildman–Crippen MR) is 142 cm³/mol. The van der Waals surface area contributed by atoms with Crippen LogP contribution in [0.1, 0.15) is 45.8 Å². The third-order valence-electron chi connectivity index (χ3n) is 6.04. The van der Waals surface area contributed by atoms with Gasteiger partial charge in [0.1, 0.15) is 5.69 Å². The summed E-state index contributed by atoms with van der Waals surface area (Å²) in [6.07, 6.45) is 0.816. The van der Waals surface area contributed by atoms with Crippen molar-refractivity contribution in [3.05, 3.63) is 93.6 Å². The minimum Gasteiger partial charge on any atom is -0.477 e. The van der Waals surface area contributed by atoms with Gasteiger partial charge in [0.2, 0.25) is 0 Å². The van der Waals surface area contributed by atoms with E-state index in [0.717, 1.165) is 22.9 Å². The van der Waals surface area contributed by atoms with E-state index in [2.05, 4.69) is 4.98 Å². The minimum absolute atomic E-state index is 0.0222. The molecule has 7 nitrogen and oxygen atoms in total. The van der Waals surface area contributed by atoms with Crippen LogP contribution in [0.2, 0.25) is 5.02 Å². The van der Waals surface area contributed by atoms with Gasteiger partial charge in [0.15, 0.2) is 9.84 Å². The van der Waals surface area contributed by atoms with Gasteiger partial charge in [-0.05, 0) is 35.2 Å². The van der Waals surface area contributed by atoms with Crippen molar-refractivity contribution in [3.63, 3.8) is 0 Å². The molecular formula is C27H27ClN2O5S. The average molecular weight is 527 g/mol. The van der Waals surface area contributed by atoms with Gasteiger partial charge < -0.3 is 20.6 Å². The summed E-state index contributed by atoms with van der Waals surface area (Å²) in [6.45, 7) is 2.78. The number of H-pyrrole nitrogens is 1. The van der Waals surface area contributed by atoms with E-state index >= 15 is 0 Å². The van der Waals surface area contributed by atoms with Crippen LogP contribution in [0.3, 0.4) is 0 Å². The van der Waals surface area contributed by atoms with Crippen LogP contribution in [-0.2, 0) is 33.5 Å². The van der Waals surface area contributed by atoms with Crippen molar-refractivity contribution in [2.45, 2.75) is 31.9 Å². The minimum atomic E-state index is -3.27. The molecule has 1 aromatic heterocycles. The molecule has 0 unspecified atom stereocenters. The summed E-state index contributed by atoms with van der Waals surface area (Å²) in [4.78, 5) is 15.2. The van der Waals surface area contributed by atoms with Gasteiger partial charge in [0, 0.05) is 34.3 Å². The number of carboxylic acids is 1. The highest BCUT2D eigenvalue weighted by Gasteiger charge is 2.23. The monoisotopic (exact) mass is 526 g/mol. The number of benzene rings is 3. The summed E-state index contributed by atoms with van der Waals surface area (Å²) in [5.41, 5.74) is 10.7. The summed E-state index contributed by atoms with van der Waals surface area (Å²) in [7, 11) is -3.27. The van der Waals surface area contributed by atoms with Crippen molar-refractivity contribution >= 4 is 38.3 Å². The maximum absolute atomic E-state index is 12.2. The lowest BCUT2D eigenvalue weighted by molar-refractivity contribution is 0.0533. The summed E-state index contributed by atoms with van der Waals surface area (Å²) < 4.78 is 29.5. The Morgan fingerprint density at radius 1 is 1.11 bits per heavy atom. The fourth-order valence-corrected chi connectivity index (χ4v) is 5.37. The molecule has 3 aromatic carbocycles. The zero-order valence-corrected chi connectivity index (χ0v) is 21.5. The van der Waals surface area contributed by atoms with E-state index in [1.54, 1.807) is 18.2 Å². The molecule has 0 saturated heterocycles. The number of rotatable bonds is 9. The highest BCUT2D eigenvalue weighted by atomic mass is 35.5. The lowest BCUT2D eigenvalue weighted by Gasteiger charge is -2.15. The zero-order chi connectivity index (χ0) is 26.0. The van der Waals surface area contributed by atoms with E-state index in [0.29, 0.717) is 40.7 Å². The number of aromatic amines is 1. The van der Waals surface area contributed by atoms with E-state index in [9.17, 15) is 18.3 Å². The van der Waals surface area contributed by atoms with Crippen LogP contribution in [0.4, 0.5) is 0 Å². The highest BCUT2D eigenvalue weighted by Crippen LogP contribution is 2.38. The second-order valence-electron chi connectivity index (χ2n) is 8.80. The van der Waals surface area contributed by atoms with Gasteiger partial charge in [-0.25, -0.2) is 13.2 Å². The van der Waals surface area contributed by atoms with Crippen LogP contribution >= 0.6 is 11.6 Å². The molecular weight excluding hydrogens is 500 g/mol. The second kappa shape index (κ2) is 10.4. The topological polar surface area (TPSA) is 122 Å². The van der Waals surface area contributed by atoms with E-state index in [1.165, 1.54) is 0 Å². The SMILES string of the molecule is C[C@@H](OCc1ccc(CN)cc1)c1cccc2c(-c3ccc(CS(C)(=O)=O)c(Cl)c3)c(C(=O)O)[nH]c12. The number of fused-ring (bicyclic) bond motifs is 1. The molecule has 1 atom stereocenters. The lowest BCUT2D eigenvalue weighted by atomic mass is 9.98. The van der Waals surface area contributed by atoms with Crippen LogP contribution in [-0.4, -0.2) is 30.7 Å². The largest absolute Gasteiger partial charge is 0.477 e. The second-order valence-corrected chi connectivity index (χ2v) is 11.3. The molecule has 0 fully saturated rings. The number of aromatic nitrogens is 1. The molecule has 0 aliphatic carbocycles. The van der Waals surface area contributed by atoms with Crippen molar-refractivity contribution in [2.75, 3.05) is 6.26 Å². The third-order valence-corrected chi connectivity index (χ3v) is 7.22. The maximum Gasteiger partial charge on any atom is 0.352 e. The number of aromatic carboxylic acids is 1. The van der Waals surface area contributed by atoms with Crippen LogP contribution in [0.15, 0.2) is 60.7 Å². The van der Waals surface area contributed by atoms with Crippen LogP contribution in [0.25, 0.3) is 22.0 Å². The molecule has 4 aromatic rings. The number of hydrogen-bond donors (Lipinski definition) is 3. The number of sulfone groups is 1. The summed E-state index contributed by atoms with van der Waals surface area (Å²) in [5, 5.41) is 10.9. The molecule has 1 heterocycles. The third kappa shape index (κ3) is 5.63. The van der Waals surface area contributed by atoms with Crippen LogP contribution in [0, 0.1) is 0 Å². The normalized spacial score (nSPS) is 12.7. The molecule has 0 saturated carbocycles. The molecule has 0 bridgehead atoms. The van der Waals surface area contributed by atoms with Gasteiger partial charge in [-0.2, -0.15) is 0 Å². The number of nitrogens with two attached hydrogens (primary N) is 1. The molecule has 188 valence electrons. The first kappa shape index (κ1) is 25.9. The number of carbonyl (C=O) groups is 1. The van der Waals surface area contributed by atoms with Gasteiger partial charge in [-0.1, -0.05) is 66.2 Å². The Kier molecular flexibility index (Phi) is 7.51. The number of carboxylic acid groups (broad SMARTS) is 1. The quantitative estimate of drug-likeness (QED) is 0.266. The number of hydrogen-bond acceptors (Lipinski definition) is 5. The molecule has 0 aliphatic rings. The first-order valence-corrected chi connectivity index (χ1v) is 13.7. The van der Waals surface area contributed by atoms with Crippen molar-refractivity contribution < 1.29 is 23.1 Å². The van der Waals surface area contributed by atoms with Crippen molar-refractivity contribution in [2.24, 2.45) is 5.73 Å². The Hall–Kier alpha value is -3.17. The highest BCUT2D eigenvalue weighted by molar-refractivity contribution is 7.89. The van der Waals surface area contributed by atoms with E-state index in [4.69, 9.17) is 22.1 Å². The Morgan fingerprint density at radius 2 is 1.81 bits per heavy atom. The number of nitrogens with one attached hydrogen (secondary N) is 1. The molecule has 36 heavy (non-hydrogen) atoms. The van der Waals surface area contributed by atoms with E-state index < -0.39 is 15.8 Å². The number of para-hydroxylation sites is 1. The van der Waals surface area contributed by atoms with Gasteiger partial charge in [0.25, 0.3) is 0 Å². The summed E-state index contributed by atoms with van der Waals surface area (Å²) >= 11 is 6.39. The first-order chi connectivity index (χ1) is 17.1. The molecule has 0 spiro atoms. The van der Waals surface area contributed by atoms with Gasteiger partial charge in [-0.3, -0.25) is 0 Å². The average Bonchev–Trinajstić information content (AvgIpc) is 3.23. The van der Waals surface area contributed by atoms with Crippen molar-refractivity contribution in [1.29, 1.82) is 0 Å². The molecule has 0 amide bonds. The smallest absolute Gasteiger partial charge is 0.352 e. The predicted octanol–water partition coefficient (Wildman–Crippen LogP) is 5.47. The Morgan fingerprint density at radius 3 is 2.42 bits per heavy atom. The molecule has 0 radical (unpaired) electrons. The standard InChI is InChI=1S/C27H27ClN2O5S/c1-16(35-14-18-8-6-17(13-29)7-9-18)21-4-3-5-22-24(26(27(31)32)30-25(21)22)19-10-11-20(23(28)12-19)15-36(2,33)34/h3-12,16,30H,13-15,29H2,1-2H3,(H,31,32)/t16-/m1/s1. The van der Waals surface area contributed by atoms with Crippen LogP contribution in [0.5, 0.6) is 0 Å². The fourth-order valence-electron chi connectivity index (χ4n) is 4.22. The maximum atomic E-state index is 12.2. The molecule has 0 aliphatic heterocycles. The van der Waals surface area contributed by atoms with E-state index in [1.807, 2.05) is 49.4 Å². The van der Waals surface area contributed by atoms with Gasteiger partial charge in [-0.15, -0.1) is 0 Å². The van der Waals surface area contributed by atoms with Crippen molar-refractivity contribution in [3.8, 4) is 11.1 Å².